The Balaban J connectivity index is 0.000000673. The molecule has 0 spiro atoms. The second-order valence-electron chi connectivity index (χ2n) is 2.47. The normalized spacial score (nSPS) is 9.38. The predicted molar refractivity (Wildman–Crippen MR) is 56.7 cm³/mol. The van der Waals surface area contributed by atoms with Crippen LogP contribution in [0, 0.1) is 0 Å². The van der Waals surface area contributed by atoms with Crippen molar-refractivity contribution < 1.29 is 18.3 Å². The Hall–Kier alpha value is -1.24. The van der Waals surface area contributed by atoms with E-state index in [-0.39, 0.29) is 11.3 Å². The van der Waals surface area contributed by atoms with Crippen LogP contribution >= 0.6 is 11.6 Å². The summed E-state index contributed by atoms with van der Waals surface area (Å²) in [5.41, 5.74) is 2.26. The molecule has 1 aromatic rings. The molecule has 3 N–H and O–H groups in total. The molecule has 0 saturated carbocycles. The molecular formula is C9H11ClF2N2O2. The number of hydrogen-bond acceptors (Lipinski definition) is 4. The monoisotopic (exact) mass is 252 g/mol. The van der Waals surface area contributed by atoms with Crippen LogP contribution in [0.1, 0.15) is 10.4 Å². The zero-order chi connectivity index (χ0) is 12.6. The van der Waals surface area contributed by atoms with Crippen LogP contribution in [0.5, 0.6) is 5.75 Å². The van der Waals surface area contributed by atoms with Gasteiger partial charge in [-0.2, -0.15) is 8.78 Å². The van der Waals surface area contributed by atoms with Crippen LogP contribution < -0.4 is 16.0 Å². The Labute approximate surface area is 96.3 Å². The number of alkyl halides is 2. The molecule has 16 heavy (non-hydrogen) atoms. The minimum Gasteiger partial charge on any atom is -0.434 e. The third kappa shape index (κ3) is 5.59. The number of rotatable bonds is 3. The van der Waals surface area contributed by atoms with Crippen LogP contribution in [-0.2, 0) is 0 Å². The first-order valence-corrected chi connectivity index (χ1v) is 4.49. The summed E-state index contributed by atoms with van der Waals surface area (Å²) in [7, 11) is 1.65. The highest BCUT2D eigenvalue weighted by molar-refractivity contribution is 6.30. The van der Waals surface area contributed by atoms with E-state index in [2.05, 4.69) is 16.0 Å². The summed E-state index contributed by atoms with van der Waals surface area (Å²) in [6, 6.07) is 3.84. The SMILES string of the molecule is CNN.O=Cc1cc(Cl)ccc1OC(F)F. The standard InChI is InChI=1S/C8H5ClF2O2.CH6N2/c9-6-1-2-7(13-8(10)11)5(3-6)4-12;1-3-2/h1-4,8H;3H,2H2,1H3. The fourth-order valence-electron chi connectivity index (χ4n) is 0.815. The van der Waals surface area contributed by atoms with Crippen molar-refractivity contribution in [2.45, 2.75) is 6.61 Å². The number of benzene rings is 1. The molecule has 0 bridgehead atoms. The summed E-state index contributed by atoms with van der Waals surface area (Å²) in [6.45, 7) is -2.94. The lowest BCUT2D eigenvalue weighted by Gasteiger charge is -2.06. The van der Waals surface area contributed by atoms with Gasteiger partial charge in [0.2, 0.25) is 0 Å². The Morgan fingerprint density at radius 1 is 1.56 bits per heavy atom. The smallest absolute Gasteiger partial charge is 0.387 e. The van der Waals surface area contributed by atoms with Crippen molar-refractivity contribution in [3.63, 3.8) is 0 Å². The maximum atomic E-state index is 11.8. The van der Waals surface area contributed by atoms with Crippen LogP contribution in [0.2, 0.25) is 5.02 Å². The van der Waals surface area contributed by atoms with Gasteiger partial charge in [-0.1, -0.05) is 11.6 Å². The van der Waals surface area contributed by atoms with Crippen molar-refractivity contribution in [1.29, 1.82) is 0 Å². The molecule has 90 valence electrons. The van der Waals surface area contributed by atoms with Crippen molar-refractivity contribution >= 4 is 17.9 Å². The van der Waals surface area contributed by atoms with E-state index in [1.54, 1.807) is 7.05 Å². The topological polar surface area (TPSA) is 64.3 Å². The van der Waals surface area contributed by atoms with Gasteiger partial charge in [0, 0.05) is 5.02 Å². The zero-order valence-corrected chi connectivity index (χ0v) is 9.17. The second kappa shape index (κ2) is 7.98. The van der Waals surface area contributed by atoms with E-state index >= 15 is 0 Å². The predicted octanol–water partition coefficient (Wildman–Crippen LogP) is 1.83. The lowest BCUT2D eigenvalue weighted by molar-refractivity contribution is -0.0500. The van der Waals surface area contributed by atoms with Crippen LogP contribution in [0.25, 0.3) is 0 Å². The van der Waals surface area contributed by atoms with Gasteiger partial charge in [-0.15, -0.1) is 0 Å². The van der Waals surface area contributed by atoms with Gasteiger partial charge in [-0.05, 0) is 25.2 Å². The number of halogens is 3. The number of aldehydes is 1. The highest BCUT2D eigenvalue weighted by atomic mass is 35.5. The first-order chi connectivity index (χ1) is 7.54. The summed E-state index contributed by atoms with van der Waals surface area (Å²) in [6.07, 6.45) is 0.406. The summed E-state index contributed by atoms with van der Waals surface area (Å²) in [5.74, 6) is 4.43. The minimum absolute atomic E-state index is 0.00722. The van der Waals surface area contributed by atoms with Crippen molar-refractivity contribution in [2.24, 2.45) is 5.84 Å². The molecule has 0 atom stereocenters. The average Bonchev–Trinajstić information content (AvgIpc) is 2.21. The minimum atomic E-state index is -2.94. The van der Waals surface area contributed by atoms with Crippen molar-refractivity contribution in [1.82, 2.24) is 5.43 Å². The molecule has 0 heterocycles. The summed E-state index contributed by atoms with van der Waals surface area (Å²) in [5, 5.41) is 0.295. The fraction of sp³-hybridized carbons (Fsp3) is 0.222. The Morgan fingerprint density at radius 2 is 2.12 bits per heavy atom. The first-order valence-electron chi connectivity index (χ1n) is 4.12. The summed E-state index contributed by atoms with van der Waals surface area (Å²) >= 11 is 5.53. The Kier molecular flexibility index (Phi) is 7.36. The Morgan fingerprint density at radius 3 is 2.56 bits per heavy atom. The van der Waals surface area contributed by atoms with E-state index in [1.807, 2.05) is 0 Å². The van der Waals surface area contributed by atoms with Crippen LogP contribution in [0.3, 0.4) is 0 Å². The molecule has 0 aliphatic carbocycles. The van der Waals surface area contributed by atoms with Gasteiger partial charge in [-0.3, -0.25) is 16.1 Å². The highest BCUT2D eigenvalue weighted by Gasteiger charge is 2.08. The van der Waals surface area contributed by atoms with Crippen molar-refractivity contribution in [3.05, 3.63) is 28.8 Å². The summed E-state index contributed by atoms with van der Waals surface area (Å²) in [4.78, 5) is 10.4. The van der Waals surface area contributed by atoms with Crippen LogP contribution in [-0.4, -0.2) is 19.9 Å². The van der Waals surface area contributed by atoms with E-state index in [0.717, 1.165) is 0 Å². The lowest BCUT2D eigenvalue weighted by atomic mass is 10.2. The zero-order valence-electron chi connectivity index (χ0n) is 8.41. The summed E-state index contributed by atoms with van der Waals surface area (Å²) < 4.78 is 27.6. The van der Waals surface area contributed by atoms with Gasteiger partial charge in [0.05, 0.1) is 5.56 Å². The molecule has 1 aromatic carbocycles. The van der Waals surface area contributed by atoms with Crippen molar-refractivity contribution in [2.75, 3.05) is 7.05 Å². The number of ether oxygens (including phenoxy) is 1. The molecule has 0 radical (unpaired) electrons. The molecule has 4 nitrogen and oxygen atoms in total. The molecule has 0 fully saturated rings. The number of nitrogens with two attached hydrogens (primary N) is 1. The third-order valence-corrected chi connectivity index (χ3v) is 1.55. The van der Waals surface area contributed by atoms with E-state index < -0.39 is 6.61 Å². The van der Waals surface area contributed by atoms with Crippen molar-refractivity contribution in [3.8, 4) is 5.75 Å². The third-order valence-electron chi connectivity index (χ3n) is 1.31. The Bertz CT molecular complexity index is 337. The fourth-order valence-corrected chi connectivity index (χ4v) is 0.995. The quantitative estimate of drug-likeness (QED) is 0.489. The maximum Gasteiger partial charge on any atom is 0.387 e. The number of carbonyl (C=O) groups is 1. The maximum absolute atomic E-state index is 11.8. The van der Waals surface area contributed by atoms with Crippen LogP contribution in [0.4, 0.5) is 8.78 Å². The van der Waals surface area contributed by atoms with E-state index in [0.29, 0.717) is 11.3 Å². The lowest BCUT2D eigenvalue weighted by Crippen LogP contribution is -2.13. The largest absolute Gasteiger partial charge is 0.434 e. The second-order valence-corrected chi connectivity index (χ2v) is 2.90. The molecular weight excluding hydrogens is 242 g/mol. The molecule has 0 amide bonds. The van der Waals surface area contributed by atoms with E-state index in [9.17, 15) is 13.6 Å². The average molecular weight is 253 g/mol. The number of hydrogen-bond donors (Lipinski definition) is 2. The molecule has 0 aromatic heterocycles. The van der Waals surface area contributed by atoms with Gasteiger partial charge in [0.1, 0.15) is 5.75 Å². The molecule has 0 aliphatic rings. The molecule has 0 saturated heterocycles. The molecule has 1 rings (SSSR count). The van der Waals surface area contributed by atoms with Gasteiger partial charge in [-0.25, -0.2) is 0 Å². The van der Waals surface area contributed by atoms with Gasteiger partial charge >= 0.3 is 6.61 Å². The van der Waals surface area contributed by atoms with E-state index in [1.165, 1.54) is 18.2 Å². The highest BCUT2D eigenvalue weighted by Crippen LogP contribution is 2.22. The van der Waals surface area contributed by atoms with Gasteiger partial charge in [0.15, 0.2) is 6.29 Å². The number of nitrogens with one attached hydrogen (secondary N) is 1. The van der Waals surface area contributed by atoms with Crippen LogP contribution in [0.15, 0.2) is 18.2 Å². The molecule has 7 heteroatoms. The number of carbonyl (C=O) groups excluding carboxylic acids is 1. The van der Waals surface area contributed by atoms with E-state index in [4.69, 9.17) is 11.6 Å². The number of hydrazine groups is 1. The molecule has 0 aliphatic heterocycles. The first kappa shape index (κ1) is 14.8. The van der Waals surface area contributed by atoms with Gasteiger partial charge in [0.25, 0.3) is 0 Å². The molecule has 0 unspecified atom stereocenters. The van der Waals surface area contributed by atoms with Gasteiger partial charge < -0.3 is 4.74 Å².